The fraction of sp³-hybridized carbons (Fsp3) is 0.448. The number of fused-ring (bicyclic) bond motifs is 3. The fourth-order valence-corrected chi connectivity index (χ4v) is 5.92. The molecule has 0 bridgehead atoms. The van der Waals surface area contributed by atoms with Crippen LogP contribution in [0.5, 0.6) is 0 Å². The summed E-state index contributed by atoms with van der Waals surface area (Å²) in [6, 6.07) is 13.2. The first kappa shape index (κ1) is 25.7. The van der Waals surface area contributed by atoms with E-state index in [-0.39, 0.29) is 17.9 Å². The van der Waals surface area contributed by atoms with Crippen molar-refractivity contribution in [1.29, 1.82) is 0 Å². The number of urea groups is 1. The van der Waals surface area contributed by atoms with Gasteiger partial charge in [-0.25, -0.2) is 9.80 Å². The average molecular weight is 530 g/mol. The molecule has 2 aromatic rings. The van der Waals surface area contributed by atoms with Crippen LogP contribution in [0.25, 0.3) is 5.70 Å². The summed E-state index contributed by atoms with van der Waals surface area (Å²) in [7, 11) is 4.02. The highest BCUT2D eigenvalue weighted by molar-refractivity contribution is 6.22. The van der Waals surface area contributed by atoms with Crippen LogP contribution in [0, 0.1) is 0 Å². The topological polar surface area (TPSA) is 102 Å². The third kappa shape index (κ3) is 5.07. The number of hydrogen-bond donors (Lipinski definition) is 2. The van der Waals surface area contributed by atoms with Gasteiger partial charge in [-0.1, -0.05) is 24.3 Å². The maximum Gasteiger partial charge on any atom is 0.333 e. The van der Waals surface area contributed by atoms with Crippen LogP contribution in [0.4, 0.5) is 16.2 Å². The lowest BCUT2D eigenvalue weighted by Gasteiger charge is -2.31. The lowest BCUT2D eigenvalue weighted by Crippen LogP contribution is -2.49. The molecule has 1 unspecified atom stereocenters. The summed E-state index contributed by atoms with van der Waals surface area (Å²) in [5.41, 5.74) is 7.86. The van der Waals surface area contributed by atoms with Crippen LogP contribution in [-0.2, 0) is 4.74 Å². The lowest BCUT2D eigenvalue weighted by molar-refractivity contribution is 0.0312. The zero-order chi connectivity index (χ0) is 26.9. The van der Waals surface area contributed by atoms with E-state index in [9.17, 15) is 9.59 Å². The van der Waals surface area contributed by atoms with Gasteiger partial charge >= 0.3 is 6.03 Å². The molecule has 10 nitrogen and oxygen atoms in total. The number of azo groups is 1. The number of anilines is 2. The second kappa shape index (κ2) is 10.9. The number of ether oxygens (including phenoxy) is 1. The number of Topliss-reactive ketones (excluding diaryl/α,β-unsaturated/α-hetero) is 1. The number of nitrogens with zero attached hydrogens (tertiary/aromatic N) is 5. The molecule has 2 saturated heterocycles. The summed E-state index contributed by atoms with van der Waals surface area (Å²) < 4.78 is 5.41. The van der Waals surface area contributed by atoms with E-state index in [1.807, 2.05) is 36.3 Å². The van der Waals surface area contributed by atoms with Gasteiger partial charge in [0.05, 0.1) is 16.8 Å². The largest absolute Gasteiger partial charge is 0.381 e. The molecule has 10 heteroatoms. The molecule has 0 saturated carbocycles. The second-order valence-electron chi connectivity index (χ2n) is 10.7. The molecule has 3 aliphatic heterocycles. The van der Waals surface area contributed by atoms with Gasteiger partial charge in [0.25, 0.3) is 0 Å². The van der Waals surface area contributed by atoms with Gasteiger partial charge in [0.15, 0.2) is 5.78 Å². The molecular weight excluding hydrogens is 494 g/mol. The maximum absolute atomic E-state index is 13.7. The molecule has 1 atom stereocenters. The first-order valence-electron chi connectivity index (χ1n) is 13.7. The van der Waals surface area contributed by atoms with Gasteiger partial charge in [-0.2, -0.15) is 10.2 Å². The Hall–Kier alpha value is -3.60. The number of carbonyl (C=O) groups is 2. The zero-order valence-electron chi connectivity index (χ0n) is 22.5. The van der Waals surface area contributed by atoms with Crippen molar-refractivity contribution in [3.63, 3.8) is 0 Å². The molecule has 0 aromatic heterocycles. The fourth-order valence-electron chi connectivity index (χ4n) is 5.92. The number of nitrogens with one attached hydrogen (secondary N) is 2. The molecule has 2 N–H and O–H groups in total. The van der Waals surface area contributed by atoms with Gasteiger partial charge in [-0.15, -0.1) is 0 Å². The maximum atomic E-state index is 13.7. The Bertz CT molecular complexity index is 1320. The van der Waals surface area contributed by atoms with Crippen LogP contribution < -0.4 is 15.6 Å². The molecule has 2 fully saturated rings. The number of likely N-dealkylation sites (N-methyl/N-ethyl adjacent to an activating group) is 1. The predicted molar refractivity (Wildman–Crippen MR) is 150 cm³/mol. The van der Waals surface area contributed by atoms with Gasteiger partial charge in [-0.05, 0) is 56.6 Å². The van der Waals surface area contributed by atoms with Crippen molar-refractivity contribution in [3.05, 3.63) is 64.7 Å². The highest BCUT2D eigenvalue weighted by atomic mass is 16.5. The van der Waals surface area contributed by atoms with Crippen molar-refractivity contribution in [2.24, 2.45) is 10.2 Å². The average Bonchev–Trinajstić information content (AvgIpc) is 3.43. The van der Waals surface area contributed by atoms with Crippen LogP contribution in [0.15, 0.2) is 58.3 Å². The molecule has 39 heavy (non-hydrogen) atoms. The number of ketones is 1. The quantitative estimate of drug-likeness (QED) is 0.566. The smallest absolute Gasteiger partial charge is 0.333 e. The molecule has 2 amide bonds. The third-order valence-corrected chi connectivity index (χ3v) is 8.15. The Morgan fingerprint density at radius 1 is 1.05 bits per heavy atom. The van der Waals surface area contributed by atoms with E-state index in [2.05, 4.69) is 50.0 Å². The van der Waals surface area contributed by atoms with Crippen LogP contribution in [-0.4, -0.2) is 81.3 Å². The summed E-state index contributed by atoms with van der Waals surface area (Å²) in [5.74, 6) is -0.136. The molecule has 0 radical (unpaired) electrons. The number of amides is 2. The van der Waals surface area contributed by atoms with Crippen molar-refractivity contribution >= 4 is 28.9 Å². The Morgan fingerprint density at radius 3 is 2.64 bits per heavy atom. The van der Waals surface area contributed by atoms with Gasteiger partial charge in [0, 0.05) is 57.2 Å². The number of hydrogen-bond acceptors (Lipinski definition) is 8. The molecule has 0 spiro atoms. The first-order chi connectivity index (χ1) is 19.0. The van der Waals surface area contributed by atoms with Crippen LogP contribution in [0.1, 0.15) is 46.8 Å². The van der Waals surface area contributed by atoms with E-state index in [0.29, 0.717) is 35.7 Å². The Kier molecular flexibility index (Phi) is 7.16. The molecule has 3 heterocycles. The van der Waals surface area contributed by atoms with Gasteiger partial charge in [0.2, 0.25) is 0 Å². The monoisotopic (exact) mass is 529 g/mol. The minimum absolute atomic E-state index is 0.136. The van der Waals surface area contributed by atoms with Crippen molar-refractivity contribution in [3.8, 4) is 0 Å². The summed E-state index contributed by atoms with van der Waals surface area (Å²) in [6.07, 6.45) is 2.85. The SMILES string of the molecule is CN1CCCN(c2ccc(C3=C4C(=O)c5c(NC(=O)NN(C)C6CCOCC6)cccc5C4N=N3)cc2)CC1. The van der Waals surface area contributed by atoms with Gasteiger partial charge in [0.1, 0.15) is 11.7 Å². The van der Waals surface area contributed by atoms with Crippen molar-refractivity contribution in [2.75, 3.05) is 63.7 Å². The van der Waals surface area contributed by atoms with Crippen molar-refractivity contribution in [1.82, 2.24) is 15.3 Å². The second-order valence-corrected chi connectivity index (χ2v) is 10.7. The van der Waals surface area contributed by atoms with E-state index in [0.717, 1.165) is 56.6 Å². The van der Waals surface area contributed by atoms with Crippen LogP contribution >= 0.6 is 0 Å². The predicted octanol–water partition coefficient (Wildman–Crippen LogP) is 4.09. The Balaban J connectivity index is 1.20. The number of hydrazine groups is 1. The van der Waals surface area contributed by atoms with Crippen LogP contribution in [0.3, 0.4) is 0 Å². The normalized spacial score (nSPS) is 21.8. The highest BCUT2D eigenvalue weighted by Crippen LogP contribution is 2.49. The molecule has 6 rings (SSSR count). The lowest BCUT2D eigenvalue weighted by atomic mass is 10.0. The zero-order valence-corrected chi connectivity index (χ0v) is 22.5. The van der Waals surface area contributed by atoms with E-state index in [4.69, 9.17) is 4.74 Å². The minimum atomic E-state index is -0.446. The summed E-state index contributed by atoms with van der Waals surface area (Å²) in [6.45, 7) is 5.55. The van der Waals surface area contributed by atoms with E-state index >= 15 is 0 Å². The summed E-state index contributed by atoms with van der Waals surface area (Å²) in [4.78, 5) is 31.3. The van der Waals surface area contributed by atoms with Crippen molar-refractivity contribution < 1.29 is 14.3 Å². The number of carbonyl (C=O) groups excluding carboxylic acids is 2. The van der Waals surface area contributed by atoms with Gasteiger partial charge in [-0.3, -0.25) is 10.2 Å². The Labute approximate surface area is 228 Å². The molecule has 4 aliphatic rings. The van der Waals surface area contributed by atoms with Crippen LogP contribution in [0.2, 0.25) is 0 Å². The third-order valence-electron chi connectivity index (χ3n) is 8.15. The number of benzene rings is 2. The Morgan fingerprint density at radius 2 is 1.85 bits per heavy atom. The summed E-state index contributed by atoms with van der Waals surface area (Å²) >= 11 is 0. The van der Waals surface area contributed by atoms with E-state index in [1.54, 1.807) is 6.07 Å². The highest BCUT2D eigenvalue weighted by Gasteiger charge is 2.42. The molecule has 1 aliphatic carbocycles. The molecule has 2 aromatic carbocycles. The van der Waals surface area contributed by atoms with E-state index < -0.39 is 6.04 Å². The minimum Gasteiger partial charge on any atom is -0.381 e. The summed E-state index contributed by atoms with van der Waals surface area (Å²) in [5, 5.41) is 13.6. The first-order valence-corrected chi connectivity index (χ1v) is 13.7. The van der Waals surface area contributed by atoms with Crippen molar-refractivity contribution in [2.45, 2.75) is 31.3 Å². The number of rotatable bonds is 5. The molecular formula is C29H35N7O3. The van der Waals surface area contributed by atoms with Gasteiger partial charge < -0.3 is 19.9 Å². The molecule has 204 valence electrons. The standard InChI is InChI=1S/C29H35N7O3/c1-34-13-4-14-36(16-15-34)21-9-7-19(8-10-21)26-25-27(32-31-26)22-5-3-6-23(24(22)28(25)37)30-29(38)33-35(2)20-11-17-39-18-12-20/h3,5-10,20,27H,4,11-18H2,1-2H3,(H2,30,33,38). The van der Waals surface area contributed by atoms with E-state index in [1.165, 1.54) is 5.69 Å².